The number of piperazine rings is 1. The standard InChI is InChI=1S/C17H21BrN2OS/c1-12-3-6-16(22-12)17(20-9-7-19-8-10-20)14-11-13(18)4-5-15(14)21-2/h3-6,11,17,19H,7-10H2,1-2H3. The van der Waals surface area contributed by atoms with E-state index in [4.69, 9.17) is 4.74 Å². The number of ether oxygens (including phenoxy) is 1. The lowest BCUT2D eigenvalue weighted by molar-refractivity contribution is 0.197. The molecular formula is C17H21BrN2OS. The summed E-state index contributed by atoms with van der Waals surface area (Å²) >= 11 is 5.49. The fourth-order valence-electron chi connectivity index (χ4n) is 2.99. The lowest BCUT2D eigenvalue weighted by Gasteiger charge is -2.35. The normalized spacial score (nSPS) is 17.4. The first-order chi connectivity index (χ1) is 10.7. The van der Waals surface area contributed by atoms with Crippen LogP contribution in [0, 0.1) is 6.92 Å². The van der Waals surface area contributed by atoms with Crippen LogP contribution in [0.15, 0.2) is 34.8 Å². The summed E-state index contributed by atoms with van der Waals surface area (Å²) < 4.78 is 6.74. The van der Waals surface area contributed by atoms with E-state index in [0.29, 0.717) is 0 Å². The second kappa shape index (κ2) is 7.13. The molecule has 1 unspecified atom stereocenters. The van der Waals surface area contributed by atoms with E-state index in [1.165, 1.54) is 15.3 Å². The van der Waals surface area contributed by atoms with Gasteiger partial charge < -0.3 is 10.1 Å². The molecule has 1 aliphatic rings. The summed E-state index contributed by atoms with van der Waals surface area (Å²) in [5.41, 5.74) is 1.24. The number of thiophene rings is 1. The fraction of sp³-hybridized carbons (Fsp3) is 0.412. The number of benzene rings is 1. The average molecular weight is 381 g/mol. The minimum absolute atomic E-state index is 0.258. The van der Waals surface area contributed by atoms with Gasteiger partial charge in [0, 0.05) is 46.0 Å². The quantitative estimate of drug-likeness (QED) is 0.872. The minimum atomic E-state index is 0.258. The van der Waals surface area contributed by atoms with Crippen LogP contribution in [0.5, 0.6) is 5.75 Å². The smallest absolute Gasteiger partial charge is 0.124 e. The summed E-state index contributed by atoms with van der Waals surface area (Å²) in [6.45, 7) is 6.35. The molecule has 118 valence electrons. The Labute approximate surface area is 144 Å². The van der Waals surface area contributed by atoms with Gasteiger partial charge in [0.05, 0.1) is 13.2 Å². The van der Waals surface area contributed by atoms with Crippen LogP contribution < -0.4 is 10.1 Å². The molecule has 1 fully saturated rings. The lowest BCUT2D eigenvalue weighted by atomic mass is 10.0. The maximum absolute atomic E-state index is 5.64. The van der Waals surface area contributed by atoms with Crippen molar-refractivity contribution in [2.75, 3.05) is 33.3 Å². The summed E-state index contributed by atoms with van der Waals surface area (Å²) in [6.07, 6.45) is 0. The van der Waals surface area contributed by atoms with E-state index in [9.17, 15) is 0 Å². The molecule has 1 atom stereocenters. The van der Waals surface area contributed by atoms with Crippen molar-refractivity contribution in [1.82, 2.24) is 10.2 Å². The zero-order valence-electron chi connectivity index (χ0n) is 12.9. The number of rotatable bonds is 4. The van der Waals surface area contributed by atoms with Gasteiger partial charge in [-0.05, 0) is 37.3 Å². The number of halogens is 1. The monoisotopic (exact) mass is 380 g/mol. The molecule has 1 aliphatic heterocycles. The number of hydrogen-bond donors (Lipinski definition) is 1. The summed E-state index contributed by atoms with van der Waals surface area (Å²) in [7, 11) is 1.75. The van der Waals surface area contributed by atoms with Crippen molar-refractivity contribution in [2.24, 2.45) is 0 Å². The van der Waals surface area contributed by atoms with Crippen LogP contribution in [-0.4, -0.2) is 38.2 Å². The Morgan fingerprint density at radius 2 is 2.00 bits per heavy atom. The van der Waals surface area contributed by atoms with E-state index < -0.39 is 0 Å². The van der Waals surface area contributed by atoms with Gasteiger partial charge >= 0.3 is 0 Å². The fourth-order valence-corrected chi connectivity index (χ4v) is 4.40. The molecule has 1 saturated heterocycles. The first-order valence-corrected chi connectivity index (χ1v) is 9.14. The van der Waals surface area contributed by atoms with Gasteiger partial charge in [0.2, 0.25) is 0 Å². The molecule has 2 heterocycles. The van der Waals surface area contributed by atoms with E-state index in [0.717, 1.165) is 36.4 Å². The maximum Gasteiger partial charge on any atom is 0.124 e. The SMILES string of the molecule is COc1ccc(Br)cc1C(c1ccc(C)s1)N1CCNCC1. The highest BCUT2D eigenvalue weighted by atomic mass is 79.9. The molecule has 2 aromatic rings. The highest BCUT2D eigenvalue weighted by Gasteiger charge is 2.27. The summed E-state index contributed by atoms with van der Waals surface area (Å²) in [5, 5.41) is 3.44. The molecule has 1 aromatic carbocycles. The lowest BCUT2D eigenvalue weighted by Crippen LogP contribution is -2.45. The van der Waals surface area contributed by atoms with Crippen LogP contribution in [0.2, 0.25) is 0 Å². The van der Waals surface area contributed by atoms with E-state index in [-0.39, 0.29) is 6.04 Å². The Kier molecular flexibility index (Phi) is 5.18. The third-order valence-electron chi connectivity index (χ3n) is 4.03. The highest BCUT2D eigenvalue weighted by molar-refractivity contribution is 9.10. The van der Waals surface area contributed by atoms with Gasteiger partial charge in [-0.2, -0.15) is 0 Å². The largest absolute Gasteiger partial charge is 0.496 e. The summed E-state index contributed by atoms with van der Waals surface area (Å²) in [4.78, 5) is 5.28. The molecule has 1 N–H and O–H groups in total. The molecule has 5 heteroatoms. The highest BCUT2D eigenvalue weighted by Crippen LogP contribution is 2.39. The third-order valence-corrected chi connectivity index (χ3v) is 5.58. The van der Waals surface area contributed by atoms with Gasteiger partial charge in [-0.1, -0.05) is 15.9 Å². The van der Waals surface area contributed by atoms with Crippen molar-refractivity contribution in [3.8, 4) is 5.75 Å². The second-order valence-corrected chi connectivity index (χ2v) is 7.76. The first kappa shape index (κ1) is 16.0. The first-order valence-electron chi connectivity index (χ1n) is 7.53. The number of aryl methyl sites for hydroxylation is 1. The van der Waals surface area contributed by atoms with Gasteiger partial charge in [-0.25, -0.2) is 0 Å². The van der Waals surface area contributed by atoms with Crippen molar-refractivity contribution < 1.29 is 4.74 Å². The average Bonchev–Trinajstić information content (AvgIpc) is 2.95. The number of methoxy groups -OCH3 is 1. The van der Waals surface area contributed by atoms with Gasteiger partial charge in [0.25, 0.3) is 0 Å². The van der Waals surface area contributed by atoms with Crippen molar-refractivity contribution >= 4 is 27.3 Å². The van der Waals surface area contributed by atoms with Crippen molar-refractivity contribution in [2.45, 2.75) is 13.0 Å². The van der Waals surface area contributed by atoms with Gasteiger partial charge in [-0.3, -0.25) is 4.90 Å². The van der Waals surface area contributed by atoms with Crippen LogP contribution in [0.3, 0.4) is 0 Å². The van der Waals surface area contributed by atoms with Crippen molar-refractivity contribution in [3.63, 3.8) is 0 Å². The predicted octanol–water partition coefficient (Wildman–Crippen LogP) is 3.82. The molecule has 0 saturated carbocycles. The molecule has 0 aliphatic carbocycles. The predicted molar refractivity (Wildman–Crippen MR) is 96.0 cm³/mol. The Balaban J connectivity index is 2.06. The maximum atomic E-state index is 5.64. The molecule has 3 rings (SSSR count). The molecule has 0 spiro atoms. The number of nitrogens with one attached hydrogen (secondary N) is 1. The molecule has 22 heavy (non-hydrogen) atoms. The van der Waals surface area contributed by atoms with E-state index in [1.807, 2.05) is 17.4 Å². The Bertz CT molecular complexity index is 637. The summed E-state index contributed by atoms with van der Waals surface area (Å²) in [5.74, 6) is 0.956. The molecule has 0 amide bonds. The van der Waals surface area contributed by atoms with Crippen LogP contribution in [0.1, 0.15) is 21.4 Å². The Hall–Kier alpha value is -0.880. The molecule has 1 aromatic heterocycles. The Morgan fingerprint density at radius 1 is 1.23 bits per heavy atom. The second-order valence-electron chi connectivity index (χ2n) is 5.52. The van der Waals surface area contributed by atoms with Crippen molar-refractivity contribution in [1.29, 1.82) is 0 Å². The number of hydrogen-bond acceptors (Lipinski definition) is 4. The van der Waals surface area contributed by atoms with Crippen LogP contribution in [0.25, 0.3) is 0 Å². The van der Waals surface area contributed by atoms with Gasteiger partial charge in [-0.15, -0.1) is 11.3 Å². The molecule has 0 bridgehead atoms. The van der Waals surface area contributed by atoms with E-state index in [1.54, 1.807) is 7.11 Å². The Morgan fingerprint density at radius 3 is 2.64 bits per heavy atom. The van der Waals surface area contributed by atoms with Crippen LogP contribution in [-0.2, 0) is 0 Å². The minimum Gasteiger partial charge on any atom is -0.496 e. The van der Waals surface area contributed by atoms with Gasteiger partial charge in [0.15, 0.2) is 0 Å². The van der Waals surface area contributed by atoms with Crippen molar-refractivity contribution in [3.05, 3.63) is 50.1 Å². The van der Waals surface area contributed by atoms with E-state index in [2.05, 4.69) is 57.3 Å². The zero-order valence-corrected chi connectivity index (χ0v) is 15.3. The topological polar surface area (TPSA) is 24.5 Å². The summed E-state index contributed by atoms with van der Waals surface area (Å²) in [6, 6.07) is 11.0. The zero-order chi connectivity index (χ0) is 15.5. The van der Waals surface area contributed by atoms with Crippen LogP contribution in [0.4, 0.5) is 0 Å². The molecule has 3 nitrogen and oxygen atoms in total. The van der Waals surface area contributed by atoms with Crippen LogP contribution >= 0.6 is 27.3 Å². The van der Waals surface area contributed by atoms with E-state index >= 15 is 0 Å². The molecular weight excluding hydrogens is 360 g/mol. The molecule has 0 radical (unpaired) electrons. The number of nitrogens with zero attached hydrogens (tertiary/aromatic N) is 1. The third kappa shape index (κ3) is 3.38. The van der Waals surface area contributed by atoms with Gasteiger partial charge in [0.1, 0.15) is 5.75 Å².